The van der Waals surface area contributed by atoms with Crippen LogP contribution in [0, 0.1) is 17.5 Å². The summed E-state index contributed by atoms with van der Waals surface area (Å²) in [5, 5.41) is 5.26. The summed E-state index contributed by atoms with van der Waals surface area (Å²) in [6, 6.07) is 13.3. The lowest BCUT2D eigenvalue weighted by molar-refractivity contribution is 0.102. The monoisotopic (exact) mass is 750 g/mol. The number of hydrogen-bond donors (Lipinski definition) is 2. The van der Waals surface area contributed by atoms with Crippen molar-refractivity contribution >= 4 is 39.1 Å². The van der Waals surface area contributed by atoms with Crippen LogP contribution in [-0.4, -0.2) is 70.2 Å². The van der Waals surface area contributed by atoms with Crippen LogP contribution in [0.5, 0.6) is 11.5 Å². The largest absolute Gasteiger partial charge is 0.454 e. The van der Waals surface area contributed by atoms with E-state index in [1.807, 2.05) is 4.90 Å². The fraction of sp³-hybridized carbons (Fsp3) is 0.229. The molecule has 5 aromatic rings. The summed E-state index contributed by atoms with van der Waals surface area (Å²) in [6.07, 6.45) is 3.62. The molecule has 0 atom stereocenters. The number of benzene rings is 2. The Kier molecular flexibility index (Phi) is 10.4. The highest BCUT2D eigenvalue weighted by atomic mass is 32.2. The third-order valence-corrected chi connectivity index (χ3v) is 9.56. The summed E-state index contributed by atoms with van der Waals surface area (Å²) >= 11 is 0. The van der Waals surface area contributed by atoms with E-state index in [1.54, 1.807) is 13.8 Å². The molecular formula is C35H33F3N8O6S. The summed E-state index contributed by atoms with van der Waals surface area (Å²) < 4.78 is 76.3. The van der Waals surface area contributed by atoms with Crippen LogP contribution >= 0.6 is 0 Å². The Morgan fingerprint density at radius 1 is 0.906 bits per heavy atom. The normalized spacial score (nSPS) is 13.6. The molecule has 1 aliphatic heterocycles. The number of carbonyl (C=O) groups excluding carboxylic acids is 1. The minimum atomic E-state index is -3.33. The second-order valence-corrected chi connectivity index (χ2v) is 14.3. The Bertz CT molecular complexity index is 2410. The van der Waals surface area contributed by atoms with Crippen LogP contribution in [0.3, 0.4) is 0 Å². The molecular weight excluding hydrogens is 717 g/mol. The second-order valence-electron chi connectivity index (χ2n) is 12.3. The maximum atomic E-state index is 15.3. The van der Waals surface area contributed by atoms with E-state index >= 15 is 4.39 Å². The van der Waals surface area contributed by atoms with Crippen LogP contribution < -0.4 is 31.5 Å². The topological polar surface area (TPSA) is 161 Å². The van der Waals surface area contributed by atoms with E-state index < -0.39 is 56.2 Å². The Labute approximate surface area is 301 Å². The predicted octanol–water partition coefficient (Wildman–Crippen LogP) is 4.66. The quantitative estimate of drug-likeness (QED) is 0.206. The molecule has 2 N–H and O–H groups in total. The zero-order valence-corrected chi connectivity index (χ0v) is 29.4. The molecule has 0 bridgehead atoms. The molecule has 0 radical (unpaired) electrons. The van der Waals surface area contributed by atoms with Gasteiger partial charge in [0.1, 0.15) is 28.8 Å². The molecule has 53 heavy (non-hydrogen) atoms. The number of nitrogens with one attached hydrogen (secondary N) is 2. The molecule has 14 nitrogen and oxygen atoms in total. The van der Waals surface area contributed by atoms with E-state index in [2.05, 4.69) is 20.6 Å². The number of nitrogens with zero attached hydrogens (tertiary/aromatic N) is 6. The fourth-order valence-corrected chi connectivity index (χ4v) is 6.34. The van der Waals surface area contributed by atoms with E-state index in [-0.39, 0.29) is 47.6 Å². The first-order chi connectivity index (χ1) is 25.2. The van der Waals surface area contributed by atoms with Crippen molar-refractivity contribution in [2.45, 2.75) is 19.9 Å². The first-order valence-corrected chi connectivity index (χ1v) is 18.1. The molecule has 1 aliphatic rings. The molecule has 0 aliphatic carbocycles. The highest BCUT2D eigenvalue weighted by molar-refractivity contribution is 7.88. The number of anilines is 4. The van der Waals surface area contributed by atoms with Crippen molar-refractivity contribution in [2.24, 2.45) is 0 Å². The number of ether oxygens (including phenoxy) is 1. The number of aromatic nitrogens is 4. The van der Waals surface area contributed by atoms with E-state index in [1.165, 1.54) is 63.6 Å². The number of sulfonamides is 1. The van der Waals surface area contributed by atoms with Crippen molar-refractivity contribution in [1.82, 2.24) is 23.4 Å². The predicted molar refractivity (Wildman–Crippen MR) is 191 cm³/mol. The van der Waals surface area contributed by atoms with Gasteiger partial charge in [-0.2, -0.15) is 4.31 Å². The summed E-state index contributed by atoms with van der Waals surface area (Å²) in [4.78, 5) is 50.1. The van der Waals surface area contributed by atoms with Crippen molar-refractivity contribution in [3.05, 3.63) is 123 Å². The van der Waals surface area contributed by atoms with Gasteiger partial charge in [0.2, 0.25) is 10.0 Å². The first-order valence-electron chi connectivity index (χ1n) is 16.2. The Balaban J connectivity index is 1.16. The van der Waals surface area contributed by atoms with Gasteiger partial charge in [0.05, 0.1) is 11.9 Å². The van der Waals surface area contributed by atoms with Gasteiger partial charge in [-0.1, -0.05) is 0 Å². The van der Waals surface area contributed by atoms with Crippen LogP contribution in [0.2, 0.25) is 0 Å². The van der Waals surface area contributed by atoms with E-state index in [4.69, 9.17) is 4.74 Å². The number of hydrogen-bond acceptors (Lipinski definition) is 10. The number of halogens is 3. The van der Waals surface area contributed by atoms with Crippen molar-refractivity contribution in [1.29, 1.82) is 0 Å². The molecule has 4 heterocycles. The SMILES string of the molecule is CC(C)n1cc(C(=O)Nc2ccc(Oc3ccnc(Nc4nc(N5CCN(S(C)(=O)=O)CC5)ccc4F)c3)c(F)c2)c(=O)n(-c2ccc(F)cc2)c1=O. The molecule has 0 unspecified atom stereocenters. The van der Waals surface area contributed by atoms with Gasteiger partial charge in [-0.25, -0.2) is 40.9 Å². The molecule has 0 spiro atoms. The van der Waals surface area contributed by atoms with Gasteiger partial charge >= 0.3 is 5.69 Å². The smallest absolute Gasteiger partial charge is 0.335 e. The molecule has 6 rings (SSSR count). The van der Waals surface area contributed by atoms with E-state index in [0.717, 1.165) is 35.2 Å². The van der Waals surface area contributed by atoms with Crippen molar-refractivity contribution in [3.8, 4) is 17.2 Å². The van der Waals surface area contributed by atoms with Gasteiger partial charge in [0.15, 0.2) is 23.2 Å². The molecule has 1 fully saturated rings. The summed E-state index contributed by atoms with van der Waals surface area (Å²) in [5.41, 5.74) is -2.05. The van der Waals surface area contributed by atoms with Crippen molar-refractivity contribution in [3.63, 3.8) is 0 Å². The van der Waals surface area contributed by atoms with Gasteiger partial charge < -0.3 is 20.3 Å². The zero-order chi connectivity index (χ0) is 38.0. The molecule has 276 valence electrons. The van der Waals surface area contributed by atoms with E-state index in [9.17, 15) is 31.6 Å². The molecule has 2 aromatic carbocycles. The number of rotatable bonds is 10. The van der Waals surface area contributed by atoms with Crippen LogP contribution in [0.1, 0.15) is 30.2 Å². The van der Waals surface area contributed by atoms with Gasteiger partial charge in [-0.05, 0) is 68.4 Å². The third kappa shape index (κ3) is 8.23. The zero-order valence-electron chi connectivity index (χ0n) is 28.6. The minimum absolute atomic E-state index is 0.0221. The third-order valence-electron chi connectivity index (χ3n) is 8.26. The summed E-state index contributed by atoms with van der Waals surface area (Å²) in [7, 11) is -3.33. The van der Waals surface area contributed by atoms with Gasteiger partial charge in [-0.15, -0.1) is 0 Å². The lowest BCUT2D eigenvalue weighted by Crippen LogP contribution is -2.48. The molecule has 1 amide bonds. The maximum absolute atomic E-state index is 15.3. The fourth-order valence-electron chi connectivity index (χ4n) is 5.51. The maximum Gasteiger partial charge on any atom is 0.335 e. The first kappa shape index (κ1) is 36.8. The number of carbonyl (C=O) groups is 1. The lowest BCUT2D eigenvalue weighted by atomic mass is 10.2. The molecule has 3 aromatic heterocycles. The average molecular weight is 751 g/mol. The Morgan fingerprint density at radius 2 is 1.62 bits per heavy atom. The lowest BCUT2D eigenvalue weighted by Gasteiger charge is -2.34. The van der Waals surface area contributed by atoms with E-state index in [0.29, 0.717) is 18.9 Å². The molecule has 1 saturated heterocycles. The average Bonchev–Trinajstić information content (AvgIpc) is 3.11. The Morgan fingerprint density at radius 3 is 2.28 bits per heavy atom. The van der Waals surface area contributed by atoms with Crippen LogP contribution in [-0.2, 0) is 10.0 Å². The highest BCUT2D eigenvalue weighted by Crippen LogP contribution is 2.29. The molecule has 18 heteroatoms. The van der Waals surface area contributed by atoms with Crippen LogP contribution in [0.4, 0.5) is 36.3 Å². The van der Waals surface area contributed by atoms with Gasteiger partial charge in [0, 0.05) is 62.4 Å². The number of pyridine rings is 2. The van der Waals surface area contributed by atoms with Crippen molar-refractivity contribution in [2.75, 3.05) is 48.0 Å². The minimum Gasteiger partial charge on any atom is -0.454 e. The highest BCUT2D eigenvalue weighted by Gasteiger charge is 2.25. The number of piperazine rings is 1. The standard InChI is InChI=1S/C35H33F3N8O6S/c1-21(2)45-20-26(34(48)46(35(45)49)24-7-4-22(36)5-8-24)33(47)40-23-6-10-29(28(38)18-23)52-25-12-13-39-30(19-25)41-32-27(37)9-11-31(42-32)43-14-16-44(17-15-43)53(3,50)51/h4-13,18-21H,14-17H2,1-3H3,(H,40,47)(H,39,41,42). The Hall–Kier alpha value is -6.01. The second kappa shape index (κ2) is 14.9. The van der Waals surface area contributed by atoms with Gasteiger partial charge in [0.25, 0.3) is 11.5 Å². The number of amides is 1. The molecule has 0 saturated carbocycles. The van der Waals surface area contributed by atoms with Crippen LogP contribution in [0.15, 0.2) is 88.7 Å². The van der Waals surface area contributed by atoms with Gasteiger partial charge in [-0.3, -0.25) is 14.2 Å². The van der Waals surface area contributed by atoms with Crippen molar-refractivity contribution < 1.29 is 31.1 Å². The van der Waals surface area contributed by atoms with Crippen LogP contribution in [0.25, 0.3) is 5.69 Å². The summed E-state index contributed by atoms with van der Waals surface area (Å²) in [5.74, 6) is -2.72. The summed E-state index contributed by atoms with van der Waals surface area (Å²) in [6.45, 7) is 4.62.